The van der Waals surface area contributed by atoms with Gasteiger partial charge in [-0.2, -0.15) is 0 Å². The monoisotopic (exact) mass is 324 g/mol. The van der Waals surface area contributed by atoms with E-state index in [-0.39, 0.29) is 11.9 Å². The van der Waals surface area contributed by atoms with Crippen molar-refractivity contribution in [3.8, 4) is 0 Å². The highest BCUT2D eigenvalue weighted by molar-refractivity contribution is 5.94. The number of nitrogens with zero attached hydrogens (tertiary/aromatic N) is 2. The summed E-state index contributed by atoms with van der Waals surface area (Å²) in [6.07, 6.45) is 0.526. The van der Waals surface area contributed by atoms with Gasteiger partial charge in [0.2, 0.25) is 0 Å². The third-order valence-corrected chi connectivity index (χ3v) is 4.91. The molecule has 1 N–H and O–H groups in total. The Kier molecular flexibility index (Phi) is 4.69. The van der Waals surface area contributed by atoms with Gasteiger partial charge in [-0.3, -0.25) is 4.79 Å². The maximum absolute atomic E-state index is 12.7. The van der Waals surface area contributed by atoms with Gasteiger partial charge >= 0.3 is 0 Å². The lowest BCUT2D eigenvalue weighted by Gasteiger charge is -2.47. The van der Waals surface area contributed by atoms with Crippen LogP contribution >= 0.6 is 0 Å². The van der Waals surface area contributed by atoms with Crippen molar-refractivity contribution in [2.24, 2.45) is 0 Å². The number of aliphatic hydroxyl groups is 1. The van der Waals surface area contributed by atoms with Crippen LogP contribution in [0, 0.1) is 0 Å². The van der Waals surface area contributed by atoms with Crippen LogP contribution in [-0.4, -0.2) is 54.0 Å². The zero-order valence-electron chi connectivity index (χ0n) is 14.2. The first-order valence-electron chi connectivity index (χ1n) is 8.31. The maximum atomic E-state index is 12.7. The van der Waals surface area contributed by atoms with E-state index in [9.17, 15) is 9.90 Å². The molecule has 1 fully saturated rings. The molecule has 0 saturated carbocycles. The van der Waals surface area contributed by atoms with Gasteiger partial charge in [0.15, 0.2) is 0 Å². The molecule has 0 radical (unpaired) electrons. The zero-order valence-corrected chi connectivity index (χ0v) is 14.2. The number of rotatable bonds is 3. The Bertz CT molecular complexity index is 687. The van der Waals surface area contributed by atoms with Gasteiger partial charge in [0.25, 0.3) is 5.91 Å². The highest BCUT2D eigenvalue weighted by atomic mass is 16.3. The molecule has 0 bridgehead atoms. The first-order chi connectivity index (χ1) is 11.5. The van der Waals surface area contributed by atoms with E-state index in [1.165, 1.54) is 0 Å². The van der Waals surface area contributed by atoms with Gasteiger partial charge in [0, 0.05) is 18.7 Å². The molecule has 1 saturated heterocycles. The predicted octanol–water partition coefficient (Wildman–Crippen LogP) is 2.35. The van der Waals surface area contributed by atoms with E-state index in [0.29, 0.717) is 25.1 Å². The smallest absolute Gasteiger partial charge is 0.253 e. The fourth-order valence-electron chi connectivity index (χ4n) is 3.52. The summed E-state index contributed by atoms with van der Waals surface area (Å²) in [4.78, 5) is 16.6. The summed E-state index contributed by atoms with van der Waals surface area (Å²) >= 11 is 0. The standard InChI is InChI=1S/C20H24N2O2/c1-21(2)18-15-22(19(23)16-9-5-3-6-10-16)14-13-20(18,24)17-11-7-4-8-12-17/h3-12,18,24H,13-15H2,1-2H3. The average molecular weight is 324 g/mol. The second kappa shape index (κ2) is 6.75. The summed E-state index contributed by atoms with van der Waals surface area (Å²) in [7, 11) is 3.91. The Morgan fingerprint density at radius 2 is 1.67 bits per heavy atom. The molecule has 0 aliphatic carbocycles. The van der Waals surface area contributed by atoms with Crippen molar-refractivity contribution >= 4 is 5.91 Å². The molecular formula is C20H24N2O2. The van der Waals surface area contributed by atoms with Crippen LogP contribution in [0.15, 0.2) is 60.7 Å². The molecule has 1 aliphatic rings. The van der Waals surface area contributed by atoms with Gasteiger partial charge in [-0.05, 0) is 38.2 Å². The summed E-state index contributed by atoms with van der Waals surface area (Å²) in [6, 6.07) is 19.0. The van der Waals surface area contributed by atoms with Crippen LogP contribution in [0.1, 0.15) is 22.3 Å². The fraction of sp³-hybridized carbons (Fsp3) is 0.350. The van der Waals surface area contributed by atoms with E-state index in [4.69, 9.17) is 0 Å². The molecule has 1 heterocycles. The zero-order chi connectivity index (χ0) is 17.2. The van der Waals surface area contributed by atoms with E-state index in [1.54, 1.807) is 0 Å². The lowest BCUT2D eigenvalue weighted by molar-refractivity contribution is -0.0810. The molecule has 4 heteroatoms. The van der Waals surface area contributed by atoms with Crippen LogP contribution in [0.3, 0.4) is 0 Å². The minimum atomic E-state index is -0.946. The summed E-state index contributed by atoms with van der Waals surface area (Å²) in [5.74, 6) is 0.0255. The van der Waals surface area contributed by atoms with Gasteiger partial charge in [-0.1, -0.05) is 48.5 Å². The molecule has 126 valence electrons. The SMILES string of the molecule is CN(C)C1CN(C(=O)c2ccccc2)CCC1(O)c1ccccc1. The summed E-state index contributed by atoms with van der Waals surface area (Å²) in [5, 5.41) is 11.4. The highest BCUT2D eigenvalue weighted by Crippen LogP contribution is 2.35. The van der Waals surface area contributed by atoms with Crippen molar-refractivity contribution in [1.82, 2.24) is 9.80 Å². The molecule has 2 aromatic carbocycles. The average Bonchev–Trinajstić information content (AvgIpc) is 2.63. The first-order valence-corrected chi connectivity index (χ1v) is 8.31. The largest absolute Gasteiger partial charge is 0.383 e. The van der Waals surface area contributed by atoms with Gasteiger partial charge in [-0.25, -0.2) is 0 Å². The number of likely N-dealkylation sites (N-methyl/N-ethyl adjacent to an activating group) is 1. The lowest BCUT2D eigenvalue weighted by Crippen LogP contribution is -2.60. The number of hydrogen-bond acceptors (Lipinski definition) is 3. The third kappa shape index (κ3) is 3.07. The Morgan fingerprint density at radius 3 is 2.25 bits per heavy atom. The third-order valence-electron chi connectivity index (χ3n) is 4.91. The van der Waals surface area contributed by atoms with E-state index in [2.05, 4.69) is 0 Å². The summed E-state index contributed by atoms with van der Waals surface area (Å²) in [5.41, 5.74) is 0.661. The lowest BCUT2D eigenvalue weighted by atomic mass is 9.79. The minimum absolute atomic E-state index is 0.0255. The number of piperidine rings is 1. The Hall–Kier alpha value is -2.17. The van der Waals surface area contributed by atoms with Gasteiger partial charge < -0.3 is 14.9 Å². The van der Waals surface area contributed by atoms with Gasteiger partial charge in [0.1, 0.15) is 5.60 Å². The summed E-state index contributed by atoms with van der Waals surface area (Å²) in [6.45, 7) is 1.05. The maximum Gasteiger partial charge on any atom is 0.253 e. The predicted molar refractivity (Wildman–Crippen MR) is 94.8 cm³/mol. The topological polar surface area (TPSA) is 43.8 Å². The van der Waals surface area contributed by atoms with Gasteiger partial charge in [0.05, 0.1) is 6.04 Å². The molecular weight excluding hydrogens is 300 g/mol. The van der Waals surface area contributed by atoms with Crippen LogP contribution in [-0.2, 0) is 5.60 Å². The Morgan fingerprint density at radius 1 is 1.08 bits per heavy atom. The van der Waals surface area contributed by atoms with Crippen LogP contribution in [0.5, 0.6) is 0 Å². The Labute approximate surface area is 143 Å². The molecule has 2 aromatic rings. The number of amides is 1. The number of likely N-dealkylation sites (tertiary alicyclic amines) is 1. The molecule has 1 aliphatic heterocycles. The Balaban J connectivity index is 1.85. The molecule has 4 nitrogen and oxygen atoms in total. The molecule has 0 spiro atoms. The van der Waals surface area contributed by atoms with Crippen LogP contribution in [0.25, 0.3) is 0 Å². The minimum Gasteiger partial charge on any atom is -0.383 e. The second-order valence-electron chi connectivity index (χ2n) is 6.64. The van der Waals surface area contributed by atoms with Crippen LogP contribution in [0.2, 0.25) is 0 Å². The van der Waals surface area contributed by atoms with E-state index in [0.717, 1.165) is 5.56 Å². The van der Waals surface area contributed by atoms with Crippen molar-refractivity contribution in [2.45, 2.75) is 18.1 Å². The quantitative estimate of drug-likeness (QED) is 0.942. The van der Waals surface area contributed by atoms with Crippen molar-refractivity contribution in [3.05, 3.63) is 71.8 Å². The molecule has 3 rings (SSSR count). The molecule has 0 aromatic heterocycles. The summed E-state index contributed by atoms with van der Waals surface area (Å²) < 4.78 is 0. The molecule has 1 amide bonds. The fourth-order valence-corrected chi connectivity index (χ4v) is 3.52. The number of hydrogen-bond donors (Lipinski definition) is 1. The van der Waals surface area contributed by atoms with Crippen molar-refractivity contribution in [2.75, 3.05) is 27.2 Å². The highest BCUT2D eigenvalue weighted by Gasteiger charge is 2.45. The molecule has 2 unspecified atom stereocenters. The second-order valence-corrected chi connectivity index (χ2v) is 6.64. The van der Waals surface area contributed by atoms with Gasteiger partial charge in [-0.15, -0.1) is 0 Å². The van der Waals surface area contributed by atoms with Crippen LogP contribution in [0.4, 0.5) is 0 Å². The number of benzene rings is 2. The molecule has 24 heavy (non-hydrogen) atoms. The van der Waals surface area contributed by atoms with Crippen molar-refractivity contribution < 1.29 is 9.90 Å². The van der Waals surface area contributed by atoms with E-state index in [1.807, 2.05) is 84.6 Å². The van der Waals surface area contributed by atoms with E-state index < -0.39 is 5.60 Å². The van der Waals surface area contributed by atoms with E-state index >= 15 is 0 Å². The number of carbonyl (C=O) groups is 1. The normalized spacial score (nSPS) is 24.2. The van der Waals surface area contributed by atoms with Crippen molar-refractivity contribution in [1.29, 1.82) is 0 Å². The molecule has 2 atom stereocenters. The number of carbonyl (C=O) groups excluding carboxylic acids is 1. The van der Waals surface area contributed by atoms with Crippen molar-refractivity contribution in [3.63, 3.8) is 0 Å². The van der Waals surface area contributed by atoms with Crippen LogP contribution < -0.4 is 0 Å². The first kappa shape index (κ1) is 16.7.